The zero-order valence-corrected chi connectivity index (χ0v) is 19.3. The Morgan fingerprint density at radius 3 is 2.30 bits per heavy atom. The quantitative estimate of drug-likeness (QED) is 0.525. The van der Waals surface area contributed by atoms with E-state index >= 15 is 0 Å². The summed E-state index contributed by atoms with van der Waals surface area (Å²) < 4.78 is 0.504. The van der Waals surface area contributed by atoms with Crippen molar-refractivity contribution >= 4 is 46.8 Å². The lowest BCUT2D eigenvalue weighted by Crippen LogP contribution is -2.39. The number of dihydropyridines is 1. The SMILES string of the molecule is CC.NC(=O)CO.O=C(NC1Cc2ccccc2C1)C1=CCC(S/C(Cl)=C/Cl)=CN1. The molecule has 6 nitrogen and oxygen atoms in total. The van der Waals surface area contributed by atoms with Crippen LogP contribution in [-0.4, -0.2) is 29.6 Å². The van der Waals surface area contributed by atoms with Crippen LogP contribution >= 0.6 is 35.0 Å². The van der Waals surface area contributed by atoms with Gasteiger partial charge in [-0.05, 0) is 24.0 Å². The van der Waals surface area contributed by atoms with E-state index in [1.165, 1.54) is 28.4 Å². The summed E-state index contributed by atoms with van der Waals surface area (Å²) in [7, 11) is 0. The van der Waals surface area contributed by atoms with E-state index in [2.05, 4.69) is 28.5 Å². The van der Waals surface area contributed by atoms with Crippen molar-refractivity contribution in [1.82, 2.24) is 10.6 Å². The Balaban J connectivity index is 0.000000565. The summed E-state index contributed by atoms with van der Waals surface area (Å²) in [6, 6.07) is 8.49. The van der Waals surface area contributed by atoms with Crippen molar-refractivity contribution in [3.8, 4) is 0 Å². The zero-order valence-electron chi connectivity index (χ0n) is 17.0. The van der Waals surface area contributed by atoms with Gasteiger partial charge in [-0.3, -0.25) is 9.59 Å². The molecule has 2 aliphatic rings. The van der Waals surface area contributed by atoms with Crippen LogP contribution in [0.5, 0.6) is 0 Å². The molecule has 9 heteroatoms. The van der Waals surface area contributed by atoms with E-state index in [0.29, 0.717) is 16.5 Å². The number of benzene rings is 1. The first-order chi connectivity index (χ1) is 14.4. The van der Waals surface area contributed by atoms with Crippen molar-refractivity contribution in [2.24, 2.45) is 5.73 Å². The maximum atomic E-state index is 12.4. The number of carbonyl (C=O) groups is 2. The van der Waals surface area contributed by atoms with E-state index in [1.807, 2.05) is 32.1 Å². The van der Waals surface area contributed by atoms with Gasteiger partial charge in [-0.2, -0.15) is 0 Å². The monoisotopic (exact) mass is 471 g/mol. The van der Waals surface area contributed by atoms with Crippen LogP contribution in [0.3, 0.4) is 0 Å². The number of nitrogens with two attached hydrogens (primary N) is 1. The van der Waals surface area contributed by atoms with Gasteiger partial charge >= 0.3 is 0 Å². The van der Waals surface area contributed by atoms with Gasteiger partial charge in [0.15, 0.2) is 0 Å². The lowest BCUT2D eigenvalue weighted by Gasteiger charge is -2.17. The number of fused-ring (bicyclic) bond motifs is 1. The number of hydrogen-bond acceptors (Lipinski definition) is 5. The van der Waals surface area contributed by atoms with Gasteiger partial charge in [-0.1, -0.05) is 79.2 Å². The summed E-state index contributed by atoms with van der Waals surface area (Å²) in [6.45, 7) is 3.44. The van der Waals surface area contributed by atoms with E-state index in [1.54, 1.807) is 6.20 Å². The average Bonchev–Trinajstić information content (AvgIpc) is 3.18. The van der Waals surface area contributed by atoms with Gasteiger partial charge in [0.2, 0.25) is 5.91 Å². The van der Waals surface area contributed by atoms with E-state index in [4.69, 9.17) is 28.3 Å². The average molecular weight is 472 g/mol. The second-order valence-corrected chi connectivity index (χ2v) is 8.08. The van der Waals surface area contributed by atoms with Crippen LogP contribution in [0.15, 0.2) is 57.0 Å². The smallest absolute Gasteiger partial charge is 0.267 e. The van der Waals surface area contributed by atoms with E-state index in [9.17, 15) is 9.59 Å². The van der Waals surface area contributed by atoms with Crippen LogP contribution in [0.4, 0.5) is 0 Å². The lowest BCUT2D eigenvalue weighted by atomic mass is 10.1. The fourth-order valence-corrected chi connectivity index (χ4v) is 3.79. The van der Waals surface area contributed by atoms with Gasteiger partial charge in [0.1, 0.15) is 12.3 Å². The minimum absolute atomic E-state index is 0.0675. The van der Waals surface area contributed by atoms with Gasteiger partial charge < -0.3 is 21.5 Å². The van der Waals surface area contributed by atoms with Crippen LogP contribution < -0.4 is 16.4 Å². The molecule has 1 aromatic rings. The normalized spacial score (nSPS) is 15.2. The van der Waals surface area contributed by atoms with E-state index in [0.717, 1.165) is 17.7 Å². The number of thioether (sulfide) groups is 1. The highest BCUT2D eigenvalue weighted by molar-refractivity contribution is 8.08. The molecule has 2 amide bonds. The van der Waals surface area contributed by atoms with Crippen LogP contribution in [0, 0.1) is 0 Å². The van der Waals surface area contributed by atoms with Gasteiger partial charge in [-0.15, -0.1) is 0 Å². The predicted octanol–water partition coefficient (Wildman–Crippen LogP) is 3.49. The minimum Gasteiger partial charge on any atom is -0.387 e. The minimum atomic E-state index is -0.690. The number of nitrogens with one attached hydrogen (secondary N) is 2. The molecule has 5 N–H and O–H groups in total. The van der Waals surface area contributed by atoms with Crippen LogP contribution in [0.1, 0.15) is 31.4 Å². The third kappa shape index (κ3) is 8.83. The fraction of sp³-hybridized carbons (Fsp3) is 0.333. The molecule has 1 aliphatic heterocycles. The fourth-order valence-electron chi connectivity index (χ4n) is 2.78. The Hall–Kier alpha value is -1.93. The maximum Gasteiger partial charge on any atom is 0.267 e. The second-order valence-electron chi connectivity index (χ2n) is 6.06. The largest absolute Gasteiger partial charge is 0.387 e. The molecule has 0 saturated heterocycles. The second kappa shape index (κ2) is 14.1. The third-order valence-electron chi connectivity index (χ3n) is 4.00. The molecule has 0 aromatic heterocycles. The summed E-state index contributed by atoms with van der Waals surface area (Å²) in [4.78, 5) is 22.7. The molecule has 1 aromatic carbocycles. The zero-order chi connectivity index (χ0) is 22.5. The first-order valence-electron chi connectivity index (χ1n) is 9.49. The molecule has 0 unspecified atom stereocenters. The molecule has 30 heavy (non-hydrogen) atoms. The van der Waals surface area contributed by atoms with Gasteiger partial charge in [0.25, 0.3) is 5.91 Å². The highest BCUT2D eigenvalue weighted by Gasteiger charge is 2.24. The summed E-state index contributed by atoms with van der Waals surface area (Å²) in [5.41, 5.74) is 8.96. The summed E-state index contributed by atoms with van der Waals surface area (Å²) in [5.74, 6) is -0.757. The first kappa shape index (κ1) is 26.1. The highest BCUT2D eigenvalue weighted by Crippen LogP contribution is 2.32. The summed E-state index contributed by atoms with van der Waals surface area (Å²) >= 11 is 12.8. The van der Waals surface area contributed by atoms with Crippen molar-refractivity contribution in [2.75, 3.05) is 6.61 Å². The molecular formula is C21H27Cl2N3O3S. The Labute approximate surface area is 191 Å². The van der Waals surface area contributed by atoms with Gasteiger partial charge in [0, 0.05) is 29.1 Å². The topological polar surface area (TPSA) is 104 Å². The molecular weight excluding hydrogens is 445 g/mol. The van der Waals surface area contributed by atoms with Crippen molar-refractivity contribution in [3.05, 3.63) is 68.2 Å². The van der Waals surface area contributed by atoms with Gasteiger partial charge in [-0.25, -0.2) is 0 Å². The Morgan fingerprint density at radius 1 is 1.30 bits per heavy atom. The molecule has 0 saturated carbocycles. The number of allylic oxidation sites excluding steroid dienone is 2. The van der Waals surface area contributed by atoms with E-state index in [-0.39, 0.29) is 11.9 Å². The standard InChI is InChI=1S/C17H16Cl2N2OS.C2H5NO2.C2H6/c18-9-16(19)23-14-5-6-15(20-10-14)17(22)21-13-7-11-3-1-2-4-12(11)8-13;3-2(5)1-4;1-2/h1-4,6,9-10,13,20H,5,7-8H2,(H,21,22);4H,1H2,(H2,3,5);1-2H3/b16-9+;;. The molecule has 0 atom stereocenters. The van der Waals surface area contributed by atoms with Crippen molar-refractivity contribution in [2.45, 2.75) is 39.2 Å². The van der Waals surface area contributed by atoms with Crippen molar-refractivity contribution in [3.63, 3.8) is 0 Å². The Morgan fingerprint density at radius 2 is 1.87 bits per heavy atom. The summed E-state index contributed by atoms with van der Waals surface area (Å²) in [5, 5.41) is 13.8. The van der Waals surface area contributed by atoms with Crippen molar-refractivity contribution in [1.29, 1.82) is 0 Å². The van der Waals surface area contributed by atoms with Crippen LogP contribution in [-0.2, 0) is 22.4 Å². The lowest BCUT2D eigenvalue weighted by molar-refractivity contribution is -0.120. The number of hydrogen-bond donors (Lipinski definition) is 4. The van der Waals surface area contributed by atoms with Crippen LogP contribution in [0.2, 0.25) is 0 Å². The molecule has 3 rings (SSSR count). The number of primary amides is 1. The molecule has 164 valence electrons. The van der Waals surface area contributed by atoms with Gasteiger partial charge in [0.05, 0.1) is 4.36 Å². The Kier molecular flexibility index (Phi) is 12.3. The molecule has 0 spiro atoms. The van der Waals surface area contributed by atoms with E-state index < -0.39 is 12.5 Å². The predicted molar refractivity (Wildman–Crippen MR) is 125 cm³/mol. The molecule has 0 radical (unpaired) electrons. The number of aliphatic hydroxyl groups is 1. The molecule has 1 aliphatic carbocycles. The number of amides is 2. The number of halogens is 2. The number of aliphatic hydroxyl groups excluding tert-OH is 1. The number of carbonyl (C=O) groups excluding carboxylic acids is 2. The third-order valence-corrected chi connectivity index (χ3v) is 5.66. The summed E-state index contributed by atoms with van der Waals surface area (Å²) in [6.07, 6.45) is 6.11. The first-order valence-corrected chi connectivity index (χ1v) is 11.1. The van der Waals surface area contributed by atoms with Crippen molar-refractivity contribution < 1.29 is 14.7 Å². The highest BCUT2D eigenvalue weighted by atomic mass is 35.5. The maximum absolute atomic E-state index is 12.4. The molecule has 0 fully saturated rings. The van der Waals surface area contributed by atoms with Crippen LogP contribution in [0.25, 0.3) is 0 Å². The Bertz CT molecular complexity index is 800. The number of rotatable bonds is 5. The molecule has 0 bridgehead atoms. The molecule has 1 heterocycles.